The Bertz CT molecular complexity index is 924. The van der Waals surface area contributed by atoms with E-state index in [0.717, 1.165) is 30.2 Å². The number of amides is 1. The summed E-state index contributed by atoms with van der Waals surface area (Å²) in [5.41, 5.74) is 4.54. The number of fused-ring (bicyclic) bond motifs is 2. The van der Waals surface area contributed by atoms with Gasteiger partial charge in [-0.15, -0.1) is 0 Å². The van der Waals surface area contributed by atoms with Crippen LogP contribution in [-0.4, -0.2) is 16.7 Å². The van der Waals surface area contributed by atoms with Crippen molar-refractivity contribution in [1.29, 1.82) is 0 Å². The summed E-state index contributed by atoms with van der Waals surface area (Å²) < 4.78 is 0. The standard InChI is InChI=1S/C19H16N2O2/c22-18(16-11-20-17-7-2-1-6-15(16)17)19(23)21-14-9-8-12-4-3-5-13(12)10-14/h1-2,6-11,20H,3-5H2,(H,21,23). The van der Waals surface area contributed by atoms with Crippen molar-refractivity contribution in [2.75, 3.05) is 5.32 Å². The number of para-hydroxylation sites is 1. The number of H-pyrrole nitrogens is 1. The number of benzene rings is 2. The predicted octanol–water partition coefficient (Wildman–Crippen LogP) is 3.48. The fraction of sp³-hybridized carbons (Fsp3) is 0.158. The van der Waals surface area contributed by atoms with Gasteiger partial charge in [-0.3, -0.25) is 9.59 Å². The molecule has 0 unspecified atom stereocenters. The summed E-state index contributed by atoms with van der Waals surface area (Å²) in [6.45, 7) is 0. The van der Waals surface area contributed by atoms with Crippen molar-refractivity contribution in [3.05, 3.63) is 65.4 Å². The molecule has 0 fully saturated rings. The quantitative estimate of drug-likeness (QED) is 0.575. The summed E-state index contributed by atoms with van der Waals surface area (Å²) in [6.07, 6.45) is 4.88. The van der Waals surface area contributed by atoms with Gasteiger partial charge in [-0.2, -0.15) is 0 Å². The number of aromatic amines is 1. The van der Waals surface area contributed by atoms with Crippen LogP contribution in [-0.2, 0) is 17.6 Å². The Morgan fingerprint density at radius 2 is 1.83 bits per heavy atom. The number of carbonyl (C=O) groups is 2. The molecule has 1 heterocycles. The van der Waals surface area contributed by atoms with Crippen LogP contribution in [0, 0.1) is 0 Å². The monoisotopic (exact) mass is 304 g/mol. The van der Waals surface area contributed by atoms with Gasteiger partial charge in [-0.1, -0.05) is 24.3 Å². The normalized spacial score (nSPS) is 13.0. The van der Waals surface area contributed by atoms with Crippen molar-refractivity contribution in [2.45, 2.75) is 19.3 Å². The van der Waals surface area contributed by atoms with Gasteiger partial charge in [0.2, 0.25) is 0 Å². The van der Waals surface area contributed by atoms with Gasteiger partial charge < -0.3 is 10.3 Å². The Kier molecular flexibility index (Phi) is 3.23. The minimum atomic E-state index is -0.604. The van der Waals surface area contributed by atoms with Crippen molar-refractivity contribution in [2.24, 2.45) is 0 Å². The van der Waals surface area contributed by atoms with Crippen molar-refractivity contribution in [1.82, 2.24) is 4.98 Å². The third kappa shape index (κ3) is 2.42. The number of rotatable bonds is 3. The third-order valence-electron chi connectivity index (χ3n) is 4.40. The van der Waals surface area contributed by atoms with Crippen LogP contribution in [0.25, 0.3) is 10.9 Å². The summed E-state index contributed by atoms with van der Waals surface area (Å²) in [4.78, 5) is 27.7. The summed E-state index contributed by atoms with van der Waals surface area (Å²) in [7, 11) is 0. The largest absolute Gasteiger partial charge is 0.360 e. The first-order chi connectivity index (χ1) is 11.2. The third-order valence-corrected chi connectivity index (χ3v) is 4.40. The first-order valence-electron chi connectivity index (χ1n) is 7.76. The molecular weight excluding hydrogens is 288 g/mol. The number of anilines is 1. The first kappa shape index (κ1) is 13.8. The fourth-order valence-corrected chi connectivity index (χ4v) is 3.22. The fourth-order valence-electron chi connectivity index (χ4n) is 3.22. The maximum absolute atomic E-state index is 12.4. The second-order valence-electron chi connectivity index (χ2n) is 5.87. The summed E-state index contributed by atoms with van der Waals surface area (Å²) in [5.74, 6) is -1.13. The van der Waals surface area contributed by atoms with E-state index in [1.165, 1.54) is 11.1 Å². The van der Waals surface area contributed by atoms with Gasteiger partial charge >= 0.3 is 0 Å². The van der Waals surface area contributed by atoms with E-state index in [1.807, 2.05) is 42.5 Å². The smallest absolute Gasteiger partial charge is 0.296 e. The zero-order valence-corrected chi connectivity index (χ0v) is 12.6. The number of hydrogen-bond acceptors (Lipinski definition) is 2. The minimum Gasteiger partial charge on any atom is -0.360 e. The maximum Gasteiger partial charge on any atom is 0.296 e. The Balaban J connectivity index is 1.58. The lowest BCUT2D eigenvalue weighted by Gasteiger charge is -2.06. The minimum absolute atomic E-state index is 0.402. The molecule has 0 atom stereocenters. The number of Topliss-reactive ketones (excluding diaryl/α,β-unsaturated/α-hetero) is 1. The molecule has 0 spiro atoms. The Labute approximate surface area is 133 Å². The molecule has 1 aliphatic rings. The van der Waals surface area contributed by atoms with E-state index in [4.69, 9.17) is 0 Å². The number of aromatic nitrogens is 1. The van der Waals surface area contributed by atoms with Crippen molar-refractivity contribution < 1.29 is 9.59 Å². The number of nitrogens with one attached hydrogen (secondary N) is 2. The highest BCUT2D eigenvalue weighted by atomic mass is 16.2. The second-order valence-corrected chi connectivity index (χ2v) is 5.87. The first-order valence-corrected chi connectivity index (χ1v) is 7.76. The Morgan fingerprint density at radius 1 is 1.00 bits per heavy atom. The lowest BCUT2D eigenvalue weighted by atomic mass is 10.1. The molecule has 1 aliphatic carbocycles. The topological polar surface area (TPSA) is 62.0 Å². The van der Waals surface area contributed by atoms with Crippen LogP contribution >= 0.6 is 0 Å². The molecular formula is C19H16N2O2. The molecule has 1 amide bonds. The van der Waals surface area contributed by atoms with Gasteiger partial charge in [0.25, 0.3) is 11.7 Å². The number of hydrogen-bond donors (Lipinski definition) is 2. The van der Waals surface area contributed by atoms with E-state index in [1.54, 1.807) is 6.20 Å². The average molecular weight is 304 g/mol. The van der Waals surface area contributed by atoms with E-state index in [2.05, 4.69) is 10.3 Å². The molecule has 0 saturated heterocycles. The molecule has 0 aliphatic heterocycles. The molecule has 2 N–H and O–H groups in total. The number of ketones is 1. The van der Waals surface area contributed by atoms with Gasteiger partial charge in [-0.25, -0.2) is 0 Å². The SMILES string of the molecule is O=C(Nc1ccc2c(c1)CCC2)C(=O)c1c[nH]c2ccccc12. The zero-order valence-electron chi connectivity index (χ0n) is 12.6. The van der Waals surface area contributed by atoms with Gasteiger partial charge in [0.05, 0.1) is 5.56 Å². The van der Waals surface area contributed by atoms with Crippen LogP contribution in [0.15, 0.2) is 48.7 Å². The van der Waals surface area contributed by atoms with Crippen LogP contribution in [0.3, 0.4) is 0 Å². The van der Waals surface area contributed by atoms with Crippen molar-refractivity contribution in [3.63, 3.8) is 0 Å². The lowest BCUT2D eigenvalue weighted by molar-refractivity contribution is -0.112. The van der Waals surface area contributed by atoms with Crippen LogP contribution in [0.1, 0.15) is 27.9 Å². The highest BCUT2D eigenvalue weighted by Crippen LogP contribution is 2.25. The lowest BCUT2D eigenvalue weighted by Crippen LogP contribution is -2.22. The van der Waals surface area contributed by atoms with E-state index in [0.29, 0.717) is 11.3 Å². The molecule has 0 radical (unpaired) electrons. The second kappa shape index (κ2) is 5.39. The van der Waals surface area contributed by atoms with E-state index < -0.39 is 11.7 Å². The molecule has 23 heavy (non-hydrogen) atoms. The van der Waals surface area contributed by atoms with Gasteiger partial charge in [0.1, 0.15) is 0 Å². The summed E-state index contributed by atoms with van der Waals surface area (Å²) in [6, 6.07) is 13.3. The molecule has 4 rings (SSSR count). The van der Waals surface area contributed by atoms with E-state index >= 15 is 0 Å². The summed E-state index contributed by atoms with van der Waals surface area (Å²) >= 11 is 0. The maximum atomic E-state index is 12.4. The van der Waals surface area contributed by atoms with Gasteiger partial charge in [0.15, 0.2) is 0 Å². The molecule has 4 heteroatoms. The number of aryl methyl sites for hydroxylation is 2. The zero-order chi connectivity index (χ0) is 15.8. The molecule has 1 aromatic heterocycles. The number of carbonyl (C=O) groups excluding carboxylic acids is 2. The van der Waals surface area contributed by atoms with Crippen LogP contribution in [0.4, 0.5) is 5.69 Å². The van der Waals surface area contributed by atoms with E-state index in [-0.39, 0.29) is 0 Å². The van der Waals surface area contributed by atoms with Gasteiger partial charge in [-0.05, 0) is 48.6 Å². The van der Waals surface area contributed by atoms with Crippen molar-refractivity contribution in [3.8, 4) is 0 Å². The van der Waals surface area contributed by atoms with Crippen LogP contribution < -0.4 is 5.32 Å². The molecule has 114 valence electrons. The van der Waals surface area contributed by atoms with Crippen LogP contribution in [0.5, 0.6) is 0 Å². The highest BCUT2D eigenvalue weighted by Gasteiger charge is 2.20. The van der Waals surface area contributed by atoms with Crippen LogP contribution in [0.2, 0.25) is 0 Å². The molecule has 0 saturated carbocycles. The Morgan fingerprint density at radius 3 is 2.74 bits per heavy atom. The van der Waals surface area contributed by atoms with Crippen molar-refractivity contribution >= 4 is 28.3 Å². The molecule has 3 aromatic rings. The Hall–Kier alpha value is -2.88. The van der Waals surface area contributed by atoms with E-state index in [9.17, 15) is 9.59 Å². The van der Waals surface area contributed by atoms with Gasteiger partial charge in [0, 0.05) is 22.8 Å². The molecule has 2 aromatic carbocycles. The molecule has 0 bridgehead atoms. The predicted molar refractivity (Wildman–Crippen MR) is 89.7 cm³/mol. The average Bonchev–Trinajstić information content (AvgIpc) is 3.20. The molecule has 4 nitrogen and oxygen atoms in total. The highest BCUT2D eigenvalue weighted by molar-refractivity contribution is 6.48. The summed E-state index contributed by atoms with van der Waals surface area (Å²) in [5, 5.41) is 3.49.